The van der Waals surface area contributed by atoms with E-state index in [1.165, 1.54) is 38.1 Å². The van der Waals surface area contributed by atoms with E-state index >= 15 is 0 Å². The number of amides is 2. The highest BCUT2D eigenvalue weighted by Crippen LogP contribution is 2.57. The lowest BCUT2D eigenvalue weighted by atomic mass is 9.54. The first-order valence-electron chi connectivity index (χ1n) is 12.2. The van der Waals surface area contributed by atoms with Crippen LogP contribution in [-0.4, -0.2) is 105 Å². The molecule has 13 nitrogen and oxygen atoms in total. The number of Topliss-reactive ketones (excluding diaryl/α,β-unsaturated/α-hetero) is 2. The average Bonchev–Trinajstić information content (AvgIpc) is 2.80. The zero-order valence-corrected chi connectivity index (χ0v) is 22.1. The van der Waals surface area contributed by atoms with E-state index in [9.17, 15) is 44.7 Å². The molecule has 0 bridgehead atoms. The first-order valence-corrected chi connectivity index (χ1v) is 12.2. The highest BCUT2D eigenvalue weighted by atomic mass is 16.3. The first kappa shape index (κ1) is 28.2. The number of fused-ring (bicyclic) bond motifs is 3. The fourth-order valence-electron chi connectivity index (χ4n) is 6.12. The van der Waals surface area contributed by atoms with E-state index in [2.05, 4.69) is 5.32 Å². The van der Waals surface area contributed by atoms with Crippen LogP contribution >= 0.6 is 0 Å². The Labute approximate surface area is 223 Å². The van der Waals surface area contributed by atoms with E-state index in [4.69, 9.17) is 5.73 Å². The number of ketones is 2. The van der Waals surface area contributed by atoms with Crippen LogP contribution in [0.4, 0.5) is 5.69 Å². The van der Waals surface area contributed by atoms with Crippen LogP contribution in [0.2, 0.25) is 0 Å². The number of nitrogens with one attached hydrogen (secondary N) is 1. The summed E-state index contributed by atoms with van der Waals surface area (Å²) in [6.07, 6.45) is -0.277. The number of nitrogens with two attached hydrogens (primary N) is 1. The SMILES string of the molecule is CN(C)CC(=O)Nc1ccc2c(c1O)C(O)=C1C(=O)[C@]3(O)C(O)=C(C(N)=O)C(=O)[C@@H](N(C)C)[C@@H]3C[C@@H]1[C@]2(C)O. The van der Waals surface area contributed by atoms with Gasteiger partial charge in [0.2, 0.25) is 11.7 Å². The van der Waals surface area contributed by atoms with E-state index in [1.54, 1.807) is 19.0 Å². The smallest absolute Gasteiger partial charge is 0.255 e. The molecule has 5 atom stereocenters. The quantitative estimate of drug-likeness (QED) is 0.179. The van der Waals surface area contributed by atoms with Crippen LogP contribution in [0.1, 0.15) is 24.5 Å². The molecular formula is C26H32N4O9. The molecule has 1 aromatic carbocycles. The monoisotopic (exact) mass is 544 g/mol. The molecule has 3 aliphatic rings. The molecule has 0 radical (unpaired) electrons. The number of hydrogen-bond donors (Lipinski definition) is 7. The molecule has 0 saturated heterocycles. The number of hydrogen-bond acceptors (Lipinski definition) is 11. The van der Waals surface area contributed by atoms with Crippen molar-refractivity contribution in [2.24, 2.45) is 17.6 Å². The van der Waals surface area contributed by atoms with Gasteiger partial charge in [-0.05, 0) is 53.2 Å². The third-order valence-electron chi connectivity index (χ3n) is 7.89. The summed E-state index contributed by atoms with van der Waals surface area (Å²) in [5.41, 5.74) is -1.30. The summed E-state index contributed by atoms with van der Waals surface area (Å²) < 4.78 is 0. The molecule has 1 aromatic rings. The van der Waals surface area contributed by atoms with Crippen LogP contribution in [0.5, 0.6) is 5.75 Å². The third kappa shape index (κ3) is 3.92. The van der Waals surface area contributed by atoms with Crippen molar-refractivity contribution in [3.8, 4) is 5.75 Å². The summed E-state index contributed by atoms with van der Waals surface area (Å²) in [6, 6.07) is 1.45. The fourth-order valence-corrected chi connectivity index (χ4v) is 6.12. The molecule has 39 heavy (non-hydrogen) atoms. The third-order valence-corrected chi connectivity index (χ3v) is 7.89. The number of aliphatic hydroxyl groups excluding tert-OH is 2. The molecule has 1 saturated carbocycles. The minimum Gasteiger partial charge on any atom is -0.508 e. The Hall–Kier alpha value is -3.78. The number of likely N-dealkylation sites (N-methyl/N-ethyl adjacent to an activating group) is 2. The molecule has 210 valence electrons. The van der Waals surface area contributed by atoms with E-state index in [0.29, 0.717) is 0 Å². The highest BCUT2D eigenvalue weighted by molar-refractivity contribution is 6.24. The van der Waals surface area contributed by atoms with Crippen molar-refractivity contribution in [2.45, 2.75) is 30.6 Å². The lowest BCUT2D eigenvalue weighted by Gasteiger charge is -2.53. The zero-order chi connectivity index (χ0) is 29.4. The molecule has 0 heterocycles. The number of phenols is 1. The molecule has 2 amide bonds. The second-order valence-corrected chi connectivity index (χ2v) is 10.9. The van der Waals surface area contributed by atoms with Crippen LogP contribution < -0.4 is 11.1 Å². The van der Waals surface area contributed by atoms with Gasteiger partial charge in [0.05, 0.1) is 29.4 Å². The number of aliphatic hydroxyl groups is 4. The van der Waals surface area contributed by atoms with E-state index in [0.717, 1.165) is 0 Å². The number of nitrogens with zero attached hydrogens (tertiary/aromatic N) is 2. The van der Waals surface area contributed by atoms with Gasteiger partial charge in [0, 0.05) is 17.4 Å². The molecule has 3 aliphatic carbocycles. The molecule has 8 N–H and O–H groups in total. The second kappa shape index (κ2) is 9.16. The summed E-state index contributed by atoms with van der Waals surface area (Å²) in [6.45, 7) is 1.33. The number of carbonyl (C=O) groups is 4. The number of phenolic OH excluding ortho intramolecular Hbond substituents is 1. The van der Waals surface area contributed by atoms with Crippen LogP contribution in [0.15, 0.2) is 29.0 Å². The van der Waals surface area contributed by atoms with Gasteiger partial charge in [-0.15, -0.1) is 0 Å². The molecule has 0 aromatic heterocycles. The van der Waals surface area contributed by atoms with Gasteiger partial charge in [-0.2, -0.15) is 0 Å². The first-order chi connectivity index (χ1) is 18.0. The Kier molecular flexibility index (Phi) is 6.63. The number of rotatable bonds is 5. The maximum Gasteiger partial charge on any atom is 0.255 e. The molecule has 0 unspecified atom stereocenters. The van der Waals surface area contributed by atoms with Gasteiger partial charge < -0.3 is 41.5 Å². The van der Waals surface area contributed by atoms with Gasteiger partial charge in [-0.1, -0.05) is 6.07 Å². The molecular weight excluding hydrogens is 512 g/mol. The van der Waals surface area contributed by atoms with Crippen molar-refractivity contribution in [1.82, 2.24) is 9.80 Å². The maximum atomic E-state index is 14.0. The van der Waals surface area contributed by atoms with Gasteiger partial charge in [-0.25, -0.2) is 0 Å². The predicted octanol–water partition coefficient (Wildman–Crippen LogP) is -0.871. The molecule has 0 spiro atoms. The number of anilines is 1. The zero-order valence-electron chi connectivity index (χ0n) is 22.1. The van der Waals surface area contributed by atoms with E-state index < -0.39 is 80.9 Å². The van der Waals surface area contributed by atoms with Gasteiger partial charge in [-0.3, -0.25) is 24.1 Å². The van der Waals surface area contributed by atoms with E-state index in [1.807, 2.05) is 0 Å². The average molecular weight is 545 g/mol. The number of benzene rings is 1. The summed E-state index contributed by atoms with van der Waals surface area (Å²) in [5, 5.41) is 59.2. The van der Waals surface area contributed by atoms with Gasteiger partial charge >= 0.3 is 0 Å². The van der Waals surface area contributed by atoms with Gasteiger partial charge in [0.15, 0.2) is 11.4 Å². The number of primary amides is 1. The van der Waals surface area contributed by atoms with Crippen molar-refractivity contribution in [1.29, 1.82) is 0 Å². The van der Waals surface area contributed by atoms with Crippen molar-refractivity contribution in [3.05, 3.63) is 40.2 Å². The van der Waals surface area contributed by atoms with Gasteiger partial charge in [0.25, 0.3) is 5.91 Å². The Morgan fingerprint density at radius 3 is 2.26 bits per heavy atom. The van der Waals surface area contributed by atoms with Crippen molar-refractivity contribution >= 4 is 34.8 Å². The minimum atomic E-state index is -2.84. The lowest BCUT2D eigenvalue weighted by molar-refractivity contribution is -0.159. The largest absolute Gasteiger partial charge is 0.508 e. The Morgan fingerprint density at radius 2 is 1.72 bits per heavy atom. The van der Waals surface area contributed by atoms with Crippen molar-refractivity contribution in [2.75, 3.05) is 40.1 Å². The standard InChI is InChI=1S/C26H32N4O9/c1-25(38)10-6-7-13(28-14(31)9-29(2)3)19(32)15(10)20(33)16-11(25)8-12-18(30(4)5)21(34)17(24(27)37)23(36)26(12,39)22(16)35/h6-7,11-12,18,32-33,36,38-39H,8-9H2,1-5H3,(H2,27,37)(H,28,31)/t11-,12-,18-,25+,26-/m0/s1. The highest BCUT2D eigenvalue weighted by Gasteiger charge is 2.66. The maximum absolute atomic E-state index is 14.0. The normalized spacial score (nSPS) is 30.3. The summed E-state index contributed by atoms with van der Waals surface area (Å²) in [7, 11) is 6.30. The topological polar surface area (TPSA) is 214 Å². The molecule has 4 rings (SSSR count). The summed E-state index contributed by atoms with van der Waals surface area (Å²) in [4.78, 5) is 54.5. The second-order valence-electron chi connectivity index (χ2n) is 10.9. The summed E-state index contributed by atoms with van der Waals surface area (Å²) in [5.74, 6) is -9.14. The van der Waals surface area contributed by atoms with Crippen LogP contribution in [0.25, 0.3) is 5.76 Å². The van der Waals surface area contributed by atoms with Gasteiger partial charge in [0.1, 0.15) is 22.8 Å². The Bertz CT molecular complexity index is 1380. The van der Waals surface area contributed by atoms with Crippen LogP contribution in [0.3, 0.4) is 0 Å². The molecule has 13 heteroatoms. The van der Waals surface area contributed by atoms with E-state index in [-0.39, 0.29) is 29.8 Å². The lowest BCUT2D eigenvalue weighted by Crippen LogP contribution is -2.67. The van der Waals surface area contributed by atoms with Crippen LogP contribution in [0, 0.1) is 11.8 Å². The number of carbonyl (C=O) groups excluding carboxylic acids is 4. The van der Waals surface area contributed by atoms with Crippen molar-refractivity contribution < 1.29 is 44.7 Å². The Balaban J connectivity index is 1.95. The Morgan fingerprint density at radius 1 is 1.10 bits per heavy atom. The molecule has 0 aliphatic heterocycles. The van der Waals surface area contributed by atoms with Crippen LogP contribution in [-0.2, 0) is 24.8 Å². The predicted molar refractivity (Wildman–Crippen MR) is 137 cm³/mol. The number of aromatic hydroxyl groups is 1. The van der Waals surface area contributed by atoms with Crippen molar-refractivity contribution in [3.63, 3.8) is 0 Å². The fraction of sp³-hybridized carbons (Fsp3) is 0.462. The molecule has 1 fully saturated rings. The minimum absolute atomic E-state index is 0.0180. The summed E-state index contributed by atoms with van der Waals surface area (Å²) >= 11 is 0.